The summed E-state index contributed by atoms with van der Waals surface area (Å²) in [6, 6.07) is 10.1. The number of anilines is 1. The first kappa shape index (κ1) is 26.4. The maximum absolute atomic E-state index is 12.8. The van der Waals surface area contributed by atoms with Gasteiger partial charge < -0.3 is 10.1 Å². The highest BCUT2D eigenvalue weighted by atomic mass is 32.2. The topological polar surface area (TPSA) is 123 Å². The van der Waals surface area contributed by atoms with E-state index in [0.29, 0.717) is 36.2 Å². The summed E-state index contributed by atoms with van der Waals surface area (Å²) in [5.74, 6) is -0.618. The molecule has 2 heterocycles. The minimum absolute atomic E-state index is 0.0539. The average molecular weight is 518 g/mol. The Bertz CT molecular complexity index is 1320. The van der Waals surface area contributed by atoms with Gasteiger partial charge in [-0.1, -0.05) is 37.7 Å². The van der Waals surface area contributed by atoms with Crippen LogP contribution in [0.5, 0.6) is 0 Å². The third-order valence-corrected chi connectivity index (χ3v) is 7.89. The predicted octanol–water partition coefficient (Wildman–Crippen LogP) is 3.07. The number of fused-ring (bicyclic) bond motifs is 1. The van der Waals surface area contributed by atoms with Gasteiger partial charge in [-0.15, -0.1) is 10.2 Å². The summed E-state index contributed by atoms with van der Waals surface area (Å²) in [4.78, 5) is 24.0. The molecule has 186 valence electrons. The highest BCUT2D eigenvalue weighted by molar-refractivity contribution is 7.99. The lowest BCUT2D eigenvalue weighted by atomic mass is 10.2. The van der Waals surface area contributed by atoms with E-state index in [1.807, 2.05) is 0 Å². The molecule has 0 fully saturated rings. The molecule has 0 saturated heterocycles. The Hall–Kier alpha value is -3.22. The van der Waals surface area contributed by atoms with Gasteiger partial charge in [0.1, 0.15) is 0 Å². The van der Waals surface area contributed by atoms with E-state index >= 15 is 0 Å². The summed E-state index contributed by atoms with van der Waals surface area (Å²) in [5, 5.41) is 11.3. The smallest absolute Gasteiger partial charge is 0.330 e. The number of thioether (sulfide) groups is 1. The first-order chi connectivity index (χ1) is 16.8. The molecule has 0 spiro atoms. The minimum Gasteiger partial charge on any atom is -0.463 e. The van der Waals surface area contributed by atoms with E-state index < -0.39 is 16.0 Å². The first-order valence-corrected chi connectivity index (χ1v) is 13.4. The highest BCUT2D eigenvalue weighted by Gasteiger charge is 2.23. The number of amides is 1. The van der Waals surface area contributed by atoms with Gasteiger partial charge in [-0.3, -0.25) is 9.20 Å². The second kappa shape index (κ2) is 12.0. The monoisotopic (exact) mass is 517 g/mol. The summed E-state index contributed by atoms with van der Waals surface area (Å²) in [6.07, 6.45) is 4.45. The van der Waals surface area contributed by atoms with Gasteiger partial charge >= 0.3 is 5.97 Å². The molecule has 3 aromatic rings. The highest BCUT2D eigenvalue weighted by Crippen LogP contribution is 2.22. The van der Waals surface area contributed by atoms with E-state index in [4.69, 9.17) is 4.74 Å². The molecule has 12 heteroatoms. The summed E-state index contributed by atoms with van der Waals surface area (Å²) in [5.41, 5.74) is 1.87. The molecule has 1 N–H and O–H groups in total. The van der Waals surface area contributed by atoms with Crippen LogP contribution in [-0.4, -0.2) is 64.6 Å². The van der Waals surface area contributed by atoms with Crippen molar-refractivity contribution in [1.29, 1.82) is 0 Å². The zero-order chi connectivity index (χ0) is 25.4. The lowest BCUT2D eigenvalue weighted by molar-refractivity contribution is -0.137. The fraction of sp³-hybridized carbons (Fsp3) is 0.304. The second-order valence-corrected chi connectivity index (χ2v) is 10.1. The van der Waals surface area contributed by atoms with Gasteiger partial charge in [0.25, 0.3) is 0 Å². The summed E-state index contributed by atoms with van der Waals surface area (Å²) in [7, 11) is -3.64. The van der Waals surface area contributed by atoms with Crippen molar-refractivity contribution in [3.63, 3.8) is 0 Å². The van der Waals surface area contributed by atoms with E-state index in [-0.39, 0.29) is 16.6 Å². The van der Waals surface area contributed by atoms with Crippen molar-refractivity contribution in [2.75, 3.05) is 30.8 Å². The van der Waals surface area contributed by atoms with Gasteiger partial charge in [-0.25, -0.2) is 13.2 Å². The lowest BCUT2D eigenvalue weighted by Crippen LogP contribution is -2.30. The lowest BCUT2D eigenvalue weighted by Gasteiger charge is -2.18. The zero-order valence-corrected chi connectivity index (χ0v) is 21.3. The number of sulfonamides is 1. The molecule has 0 aliphatic rings. The number of carbonyl (C=O) groups excluding carboxylic acids is 2. The fourth-order valence-electron chi connectivity index (χ4n) is 3.17. The first-order valence-electron chi connectivity index (χ1n) is 11.0. The number of hydrogen-bond donors (Lipinski definition) is 1. The number of benzene rings is 1. The molecule has 0 aliphatic carbocycles. The van der Waals surface area contributed by atoms with Crippen LogP contribution in [-0.2, 0) is 24.3 Å². The Morgan fingerprint density at radius 2 is 1.80 bits per heavy atom. The number of rotatable bonds is 11. The molecule has 3 rings (SSSR count). The van der Waals surface area contributed by atoms with Crippen LogP contribution in [0.2, 0.25) is 0 Å². The van der Waals surface area contributed by atoms with Crippen LogP contribution in [0.4, 0.5) is 5.69 Å². The Morgan fingerprint density at radius 1 is 1.09 bits per heavy atom. The van der Waals surface area contributed by atoms with E-state index in [9.17, 15) is 18.0 Å². The van der Waals surface area contributed by atoms with Crippen molar-refractivity contribution in [2.24, 2.45) is 0 Å². The van der Waals surface area contributed by atoms with Crippen LogP contribution in [0.3, 0.4) is 0 Å². The van der Waals surface area contributed by atoms with Crippen molar-refractivity contribution in [1.82, 2.24) is 18.9 Å². The van der Waals surface area contributed by atoms with Crippen LogP contribution in [0, 0.1) is 0 Å². The predicted molar refractivity (Wildman–Crippen MR) is 135 cm³/mol. The number of nitrogens with zero attached hydrogens (tertiary/aromatic N) is 4. The van der Waals surface area contributed by atoms with Crippen LogP contribution in [0.25, 0.3) is 11.7 Å². The molecule has 0 atom stereocenters. The molecule has 0 radical (unpaired) electrons. The second-order valence-electron chi connectivity index (χ2n) is 7.21. The maximum atomic E-state index is 12.8. The number of esters is 1. The van der Waals surface area contributed by atoms with Crippen LogP contribution in [0.1, 0.15) is 26.3 Å². The van der Waals surface area contributed by atoms with E-state index in [1.54, 1.807) is 61.6 Å². The minimum atomic E-state index is -3.64. The summed E-state index contributed by atoms with van der Waals surface area (Å²) >= 11 is 1.15. The largest absolute Gasteiger partial charge is 0.463 e. The quantitative estimate of drug-likeness (QED) is 0.234. The average Bonchev–Trinajstić information content (AvgIpc) is 3.25. The van der Waals surface area contributed by atoms with E-state index in [2.05, 4.69) is 15.5 Å². The number of ether oxygens (including phenoxy) is 1. The van der Waals surface area contributed by atoms with Crippen LogP contribution >= 0.6 is 11.8 Å². The standard InChI is InChI=1S/C23H27N5O5S2/c1-4-27(5-2)35(31,32)19-12-13-20-25-26-23(28(20)15-19)34-16-21(29)24-18-10-7-17(8-11-18)9-14-22(30)33-6-3/h7-15H,4-6,16H2,1-3H3,(H,24,29)/b14-9+. The van der Waals surface area contributed by atoms with E-state index in [1.165, 1.54) is 22.6 Å². The number of carbonyl (C=O) groups is 2. The zero-order valence-electron chi connectivity index (χ0n) is 19.7. The SMILES string of the molecule is CCOC(=O)/C=C/c1ccc(NC(=O)CSc2nnc3ccc(S(=O)(=O)N(CC)CC)cn23)cc1. The Kier molecular flexibility index (Phi) is 9.01. The van der Waals surface area contributed by atoms with Gasteiger partial charge in [0.05, 0.1) is 17.3 Å². The van der Waals surface area contributed by atoms with Gasteiger partial charge in [-0.2, -0.15) is 4.31 Å². The molecule has 0 saturated carbocycles. The normalized spacial score (nSPS) is 11.9. The Labute approximate surface area is 208 Å². The number of nitrogens with one attached hydrogen (secondary N) is 1. The number of hydrogen-bond acceptors (Lipinski definition) is 8. The van der Waals surface area contributed by atoms with Crippen molar-refractivity contribution < 1.29 is 22.7 Å². The molecule has 1 aromatic carbocycles. The van der Waals surface area contributed by atoms with Crippen molar-refractivity contribution in [2.45, 2.75) is 30.8 Å². The Balaban J connectivity index is 1.64. The molecule has 0 aliphatic heterocycles. The van der Waals surface area contributed by atoms with Gasteiger partial charge in [-0.05, 0) is 42.8 Å². The third-order valence-electron chi connectivity index (χ3n) is 4.91. The van der Waals surface area contributed by atoms with Gasteiger partial charge in [0.15, 0.2) is 10.8 Å². The Morgan fingerprint density at radius 3 is 2.46 bits per heavy atom. The van der Waals surface area contributed by atoms with Crippen molar-refractivity contribution in [3.05, 3.63) is 54.2 Å². The molecular formula is C23H27N5O5S2. The molecule has 10 nitrogen and oxygen atoms in total. The maximum Gasteiger partial charge on any atom is 0.330 e. The number of aromatic nitrogens is 3. The van der Waals surface area contributed by atoms with E-state index in [0.717, 1.165) is 17.3 Å². The molecule has 2 aromatic heterocycles. The summed E-state index contributed by atoms with van der Waals surface area (Å²) in [6.45, 7) is 6.35. The van der Waals surface area contributed by atoms with Gasteiger partial charge in [0.2, 0.25) is 15.9 Å². The van der Waals surface area contributed by atoms with Crippen LogP contribution in [0.15, 0.2) is 58.7 Å². The number of pyridine rings is 1. The molecule has 0 bridgehead atoms. The molecule has 0 unspecified atom stereocenters. The van der Waals surface area contributed by atoms with Gasteiger partial charge in [0, 0.05) is 31.0 Å². The molecular weight excluding hydrogens is 490 g/mol. The third kappa shape index (κ3) is 6.68. The molecule has 1 amide bonds. The fourth-order valence-corrected chi connectivity index (χ4v) is 5.35. The summed E-state index contributed by atoms with van der Waals surface area (Å²) < 4.78 is 33.5. The molecule has 35 heavy (non-hydrogen) atoms. The van der Waals surface area contributed by atoms with Crippen LogP contribution < -0.4 is 5.32 Å². The van der Waals surface area contributed by atoms with Crippen molar-refractivity contribution in [3.8, 4) is 0 Å². The van der Waals surface area contributed by atoms with Crippen molar-refractivity contribution >= 4 is 51.1 Å².